The summed E-state index contributed by atoms with van der Waals surface area (Å²) in [7, 11) is 0. The largest absolute Gasteiger partial charge is 0.456 e. The highest BCUT2D eigenvalue weighted by Crippen LogP contribution is 2.38. The van der Waals surface area contributed by atoms with Crippen LogP contribution >= 0.6 is 0 Å². The van der Waals surface area contributed by atoms with Gasteiger partial charge in [0.2, 0.25) is 0 Å². The van der Waals surface area contributed by atoms with E-state index >= 15 is 0 Å². The smallest absolute Gasteiger partial charge is 0.135 e. The number of rotatable bonds is 5. The van der Waals surface area contributed by atoms with E-state index in [1.807, 2.05) is 24.4 Å². The van der Waals surface area contributed by atoms with E-state index in [-0.39, 0.29) is 0 Å². The summed E-state index contributed by atoms with van der Waals surface area (Å²) in [5.41, 5.74) is 18.1. The van der Waals surface area contributed by atoms with E-state index in [1.54, 1.807) is 6.20 Å². The Hall–Kier alpha value is -6.93. The highest BCUT2D eigenvalue weighted by atomic mass is 16.3. The highest BCUT2D eigenvalue weighted by molar-refractivity contribution is 6.11. The molecule has 0 radical (unpaired) electrons. The fraction of sp³-hybridized carbons (Fsp3) is 0. The van der Waals surface area contributed by atoms with Crippen molar-refractivity contribution in [2.45, 2.75) is 0 Å². The lowest BCUT2D eigenvalue weighted by Gasteiger charge is -2.07. The molecule has 7 aromatic carbocycles. The minimum absolute atomic E-state index is 0.875. The second-order valence-electron chi connectivity index (χ2n) is 12.9. The SMILES string of the molecule is C1=CC=CN=CC=1c1cccc(-c2ccc3oc4ccc(-c5cccc(-c6ccc7oc8ccc(-c9ccccc9)cc8c7c6)c5)cc4c3c2)c1. The Bertz CT molecular complexity index is 2950. The molecular weight excluding hydrogens is 623 g/mol. The van der Waals surface area contributed by atoms with Crippen LogP contribution in [0.4, 0.5) is 0 Å². The molecule has 2 aromatic heterocycles. The van der Waals surface area contributed by atoms with E-state index in [9.17, 15) is 0 Å². The van der Waals surface area contributed by atoms with Crippen LogP contribution < -0.4 is 0 Å². The highest BCUT2D eigenvalue weighted by Gasteiger charge is 2.14. The summed E-state index contributed by atoms with van der Waals surface area (Å²) < 4.78 is 12.6. The van der Waals surface area contributed by atoms with Gasteiger partial charge in [0.15, 0.2) is 0 Å². The minimum atomic E-state index is 0.875. The molecule has 9 aromatic rings. The molecule has 0 bridgehead atoms. The van der Waals surface area contributed by atoms with Crippen LogP contribution in [0.3, 0.4) is 0 Å². The van der Waals surface area contributed by atoms with Crippen LogP contribution in [-0.4, -0.2) is 6.21 Å². The fourth-order valence-corrected chi connectivity index (χ4v) is 7.19. The van der Waals surface area contributed by atoms with Crippen molar-refractivity contribution in [3.8, 4) is 44.5 Å². The van der Waals surface area contributed by atoms with Crippen LogP contribution in [0, 0.1) is 0 Å². The van der Waals surface area contributed by atoms with Crippen molar-refractivity contribution in [1.29, 1.82) is 0 Å². The molecule has 238 valence electrons. The standard InChI is InChI=1S/C48H29NO2/c1-2-8-31(9-3-1)36-15-19-45-41(26-36)42-27-37(16-20-46(42)50-45)32-11-6-12-33(24-32)38-17-21-47-43(28-38)44-29-39(18-22-48(44)51-47)34-13-7-14-35(25-34)40-10-4-5-23-49-30-40/h1-9,11-30H. The monoisotopic (exact) mass is 651 g/mol. The maximum Gasteiger partial charge on any atom is 0.135 e. The third-order valence-corrected chi connectivity index (χ3v) is 9.79. The first-order valence-corrected chi connectivity index (χ1v) is 17.1. The molecule has 0 saturated carbocycles. The topological polar surface area (TPSA) is 38.6 Å². The maximum absolute atomic E-state index is 6.31. The minimum Gasteiger partial charge on any atom is -0.456 e. The second kappa shape index (κ2) is 11.9. The molecule has 3 nitrogen and oxygen atoms in total. The van der Waals surface area contributed by atoms with Gasteiger partial charge in [0.05, 0.1) is 0 Å². The van der Waals surface area contributed by atoms with Gasteiger partial charge in [-0.3, -0.25) is 4.99 Å². The summed E-state index contributed by atoms with van der Waals surface area (Å²) in [6.07, 6.45) is 7.41. The van der Waals surface area contributed by atoms with Gasteiger partial charge in [0, 0.05) is 39.5 Å². The zero-order chi connectivity index (χ0) is 33.7. The molecule has 0 fully saturated rings. The zero-order valence-corrected chi connectivity index (χ0v) is 27.5. The third-order valence-electron chi connectivity index (χ3n) is 9.79. The summed E-state index contributed by atoms with van der Waals surface area (Å²) >= 11 is 0. The molecule has 0 unspecified atom stereocenters. The number of hydrogen-bond donors (Lipinski definition) is 0. The Morgan fingerprint density at radius 3 is 1.29 bits per heavy atom. The molecule has 0 amide bonds. The number of benzene rings is 7. The van der Waals surface area contributed by atoms with Crippen LogP contribution in [0.25, 0.3) is 94.0 Å². The Morgan fingerprint density at radius 1 is 0.373 bits per heavy atom. The first-order chi connectivity index (χ1) is 25.2. The quantitative estimate of drug-likeness (QED) is 0.174. The van der Waals surface area contributed by atoms with Gasteiger partial charge < -0.3 is 8.83 Å². The molecule has 1 aliphatic rings. The van der Waals surface area contributed by atoms with Crippen molar-refractivity contribution < 1.29 is 8.83 Å². The first-order valence-electron chi connectivity index (χ1n) is 17.1. The van der Waals surface area contributed by atoms with Gasteiger partial charge in [0.1, 0.15) is 22.3 Å². The number of hydrogen-bond acceptors (Lipinski definition) is 3. The van der Waals surface area contributed by atoms with Crippen molar-refractivity contribution in [2.24, 2.45) is 4.99 Å². The number of nitrogens with zero attached hydrogens (tertiary/aromatic N) is 1. The van der Waals surface area contributed by atoms with Gasteiger partial charge in [-0.2, -0.15) is 0 Å². The number of furan rings is 2. The molecule has 10 rings (SSSR count). The second-order valence-corrected chi connectivity index (χ2v) is 12.9. The summed E-state index contributed by atoms with van der Waals surface area (Å²) in [5, 5.41) is 4.43. The molecule has 0 N–H and O–H groups in total. The van der Waals surface area contributed by atoms with Crippen LogP contribution in [0.1, 0.15) is 5.56 Å². The Morgan fingerprint density at radius 2 is 0.784 bits per heavy atom. The van der Waals surface area contributed by atoms with E-state index in [2.05, 4.69) is 156 Å². The van der Waals surface area contributed by atoms with Crippen molar-refractivity contribution in [3.05, 3.63) is 181 Å². The van der Waals surface area contributed by atoms with Gasteiger partial charge in [-0.1, -0.05) is 91.0 Å². The normalized spacial score (nSPS) is 12.7. The summed E-state index contributed by atoms with van der Waals surface area (Å²) in [6.45, 7) is 0. The summed E-state index contributed by atoms with van der Waals surface area (Å²) in [4.78, 5) is 4.34. The number of fused-ring (bicyclic) bond motifs is 6. The molecule has 0 spiro atoms. The van der Waals surface area contributed by atoms with Crippen molar-refractivity contribution in [3.63, 3.8) is 0 Å². The van der Waals surface area contributed by atoms with E-state index in [0.29, 0.717) is 0 Å². The lowest BCUT2D eigenvalue weighted by atomic mass is 9.96. The fourth-order valence-electron chi connectivity index (χ4n) is 7.19. The summed E-state index contributed by atoms with van der Waals surface area (Å²) in [6, 6.07) is 53.6. The van der Waals surface area contributed by atoms with Gasteiger partial charge in [-0.05, 0) is 123 Å². The summed E-state index contributed by atoms with van der Waals surface area (Å²) in [5.74, 6) is 0. The van der Waals surface area contributed by atoms with E-state index in [0.717, 1.165) is 88.4 Å². The maximum atomic E-state index is 6.31. The lowest BCUT2D eigenvalue weighted by molar-refractivity contribution is 0.668. The Kier molecular flexibility index (Phi) is 6.77. The van der Waals surface area contributed by atoms with E-state index in [4.69, 9.17) is 8.83 Å². The Balaban J connectivity index is 1.02. The van der Waals surface area contributed by atoms with Crippen molar-refractivity contribution in [2.75, 3.05) is 0 Å². The van der Waals surface area contributed by atoms with Gasteiger partial charge in [-0.15, -0.1) is 5.73 Å². The number of allylic oxidation sites excluding steroid dienone is 2. The van der Waals surface area contributed by atoms with Crippen LogP contribution in [-0.2, 0) is 0 Å². The molecule has 0 aliphatic carbocycles. The van der Waals surface area contributed by atoms with E-state index in [1.165, 1.54) is 11.1 Å². The van der Waals surface area contributed by atoms with Gasteiger partial charge in [-0.25, -0.2) is 0 Å². The predicted molar refractivity (Wildman–Crippen MR) is 212 cm³/mol. The van der Waals surface area contributed by atoms with Crippen molar-refractivity contribution in [1.82, 2.24) is 0 Å². The number of aliphatic imine (C=N–C) groups is 1. The molecule has 0 atom stereocenters. The van der Waals surface area contributed by atoms with Crippen LogP contribution in [0.2, 0.25) is 0 Å². The van der Waals surface area contributed by atoms with Gasteiger partial charge >= 0.3 is 0 Å². The molecule has 1 aliphatic heterocycles. The average Bonchev–Trinajstić information content (AvgIpc) is 3.62. The van der Waals surface area contributed by atoms with Crippen LogP contribution in [0.15, 0.2) is 190 Å². The average molecular weight is 652 g/mol. The molecule has 3 heterocycles. The molecular formula is C48H29NO2. The predicted octanol–water partition coefficient (Wildman–Crippen LogP) is 13.3. The molecule has 3 heteroatoms. The molecule has 51 heavy (non-hydrogen) atoms. The molecule has 0 saturated heterocycles. The van der Waals surface area contributed by atoms with Crippen LogP contribution in [0.5, 0.6) is 0 Å². The van der Waals surface area contributed by atoms with E-state index < -0.39 is 0 Å². The first kappa shape index (κ1) is 29.0. The van der Waals surface area contributed by atoms with Gasteiger partial charge in [0.25, 0.3) is 0 Å². The Labute approximate surface area is 294 Å². The third kappa shape index (κ3) is 5.21. The lowest BCUT2D eigenvalue weighted by Crippen LogP contribution is -1.86. The van der Waals surface area contributed by atoms with Crippen molar-refractivity contribution >= 4 is 55.7 Å². The zero-order valence-electron chi connectivity index (χ0n) is 27.5.